The van der Waals surface area contributed by atoms with Crippen LogP contribution in [0.25, 0.3) is 10.9 Å². The van der Waals surface area contributed by atoms with E-state index in [1.54, 1.807) is 27.9 Å². The van der Waals surface area contributed by atoms with Crippen molar-refractivity contribution in [1.29, 1.82) is 0 Å². The van der Waals surface area contributed by atoms with Crippen molar-refractivity contribution in [2.24, 2.45) is 7.05 Å². The van der Waals surface area contributed by atoms with Gasteiger partial charge in [-0.1, -0.05) is 29.5 Å². The molecule has 3 aromatic rings. The summed E-state index contributed by atoms with van der Waals surface area (Å²) in [5.74, 6) is -0.404. The largest absolute Gasteiger partial charge is 0.444 e. The monoisotopic (exact) mass is 445 g/mol. The Labute approximate surface area is 184 Å². The molecule has 0 spiro atoms. The maximum absolute atomic E-state index is 13.0. The Hall–Kier alpha value is -2.98. The first-order chi connectivity index (χ1) is 14.7. The van der Waals surface area contributed by atoms with E-state index in [0.717, 1.165) is 16.5 Å². The molecule has 0 aliphatic rings. The molecule has 1 aromatic carbocycles. The number of rotatable bonds is 7. The number of methoxy groups -OCH3 is 1. The number of para-hydroxylation sites is 1. The van der Waals surface area contributed by atoms with Crippen molar-refractivity contribution < 1.29 is 19.1 Å². The van der Waals surface area contributed by atoms with Crippen molar-refractivity contribution in [3.8, 4) is 0 Å². The number of carbonyl (C=O) groups is 2. The number of nitrogens with one attached hydrogen (secondary N) is 2. The summed E-state index contributed by atoms with van der Waals surface area (Å²) in [5, 5.41) is 15.4. The molecule has 0 saturated heterocycles. The second kappa shape index (κ2) is 9.44. The number of hydrogen-bond acceptors (Lipinski definition) is 7. The average molecular weight is 446 g/mol. The SMILES string of the molecule is COCc1nnc(NC(=O)[C@@H](Cc2cn(C)c3ccccc23)NC(=O)OC(C)(C)C)s1. The third kappa shape index (κ3) is 6.02. The summed E-state index contributed by atoms with van der Waals surface area (Å²) in [7, 11) is 3.51. The van der Waals surface area contributed by atoms with E-state index in [2.05, 4.69) is 20.8 Å². The van der Waals surface area contributed by atoms with Crippen LogP contribution in [0.4, 0.5) is 9.93 Å². The van der Waals surface area contributed by atoms with Crippen molar-refractivity contribution >= 4 is 39.4 Å². The number of alkyl carbamates (subject to hydrolysis) is 1. The average Bonchev–Trinajstić information content (AvgIpc) is 3.25. The van der Waals surface area contributed by atoms with Crippen LogP contribution in [0.2, 0.25) is 0 Å². The molecule has 2 aromatic heterocycles. The van der Waals surface area contributed by atoms with Gasteiger partial charge in [0.05, 0.1) is 0 Å². The van der Waals surface area contributed by atoms with Crippen molar-refractivity contribution in [3.05, 3.63) is 41.0 Å². The fraction of sp³-hybridized carbons (Fsp3) is 0.429. The molecule has 2 heterocycles. The summed E-state index contributed by atoms with van der Waals surface area (Å²) in [6, 6.07) is 7.04. The Kier molecular flexibility index (Phi) is 6.91. The topological polar surface area (TPSA) is 107 Å². The van der Waals surface area contributed by atoms with Gasteiger partial charge in [0.15, 0.2) is 0 Å². The number of benzene rings is 1. The molecule has 9 nitrogen and oxygen atoms in total. The minimum Gasteiger partial charge on any atom is -0.444 e. The Morgan fingerprint density at radius 3 is 2.68 bits per heavy atom. The van der Waals surface area contributed by atoms with Crippen LogP contribution >= 0.6 is 11.3 Å². The van der Waals surface area contributed by atoms with Crippen molar-refractivity contribution in [2.45, 2.75) is 45.4 Å². The number of hydrogen-bond donors (Lipinski definition) is 2. The maximum Gasteiger partial charge on any atom is 0.408 e. The highest BCUT2D eigenvalue weighted by atomic mass is 32.1. The van der Waals surface area contributed by atoms with Gasteiger partial charge in [0.25, 0.3) is 0 Å². The fourth-order valence-electron chi connectivity index (χ4n) is 3.15. The molecule has 0 radical (unpaired) electrons. The summed E-state index contributed by atoms with van der Waals surface area (Å²) in [6.45, 7) is 5.62. The number of anilines is 1. The molecule has 31 heavy (non-hydrogen) atoms. The lowest BCUT2D eigenvalue weighted by atomic mass is 10.0. The molecule has 10 heteroatoms. The van der Waals surface area contributed by atoms with Crippen LogP contribution in [0.1, 0.15) is 31.3 Å². The summed E-state index contributed by atoms with van der Waals surface area (Å²) < 4.78 is 12.4. The van der Waals surface area contributed by atoms with Crippen molar-refractivity contribution in [1.82, 2.24) is 20.1 Å². The van der Waals surface area contributed by atoms with Crippen molar-refractivity contribution in [2.75, 3.05) is 12.4 Å². The quantitative estimate of drug-likeness (QED) is 0.578. The van der Waals surface area contributed by atoms with Crippen LogP contribution < -0.4 is 10.6 Å². The van der Waals surface area contributed by atoms with Gasteiger partial charge < -0.3 is 19.4 Å². The molecule has 0 bridgehead atoms. The second-order valence-electron chi connectivity index (χ2n) is 8.11. The molecular formula is C21H27N5O4S. The first kappa shape index (κ1) is 22.7. The zero-order valence-corrected chi connectivity index (χ0v) is 19.1. The number of fused-ring (bicyclic) bond motifs is 1. The highest BCUT2D eigenvalue weighted by molar-refractivity contribution is 7.15. The Bertz CT molecular complexity index is 1070. The molecule has 0 aliphatic carbocycles. The third-order valence-corrected chi connectivity index (χ3v) is 5.19. The standard InChI is InChI=1S/C21H27N5O4S/c1-21(2,3)30-20(28)22-15(18(27)23-19-25-24-17(31-19)12-29-5)10-13-11-26(4)16-9-7-6-8-14(13)16/h6-9,11,15H,10,12H2,1-5H3,(H,22,28)(H,23,25,27)/t15-/m1/s1. The molecule has 1 atom stereocenters. The van der Waals surface area contributed by atoms with Gasteiger partial charge in [-0.25, -0.2) is 4.79 Å². The smallest absolute Gasteiger partial charge is 0.408 e. The van der Waals surface area contributed by atoms with Crippen LogP contribution in [-0.2, 0) is 34.3 Å². The highest BCUT2D eigenvalue weighted by Gasteiger charge is 2.26. The van der Waals surface area contributed by atoms with Crippen LogP contribution in [0.3, 0.4) is 0 Å². The van der Waals surface area contributed by atoms with Gasteiger partial charge in [-0.05, 0) is 32.4 Å². The number of amides is 2. The normalized spacial score (nSPS) is 12.5. The second-order valence-corrected chi connectivity index (χ2v) is 9.17. The maximum atomic E-state index is 13.0. The Morgan fingerprint density at radius 1 is 1.23 bits per heavy atom. The van der Waals surface area contributed by atoms with Gasteiger partial charge in [0.1, 0.15) is 23.3 Å². The number of aryl methyl sites for hydroxylation is 1. The predicted molar refractivity (Wildman–Crippen MR) is 119 cm³/mol. The molecule has 2 N–H and O–H groups in total. The summed E-state index contributed by atoms with van der Waals surface area (Å²) in [6.07, 6.45) is 1.59. The molecule has 0 unspecified atom stereocenters. The van der Waals surface area contributed by atoms with E-state index >= 15 is 0 Å². The van der Waals surface area contributed by atoms with Gasteiger partial charge in [0.2, 0.25) is 11.0 Å². The van der Waals surface area contributed by atoms with E-state index < -0.39 is 23.6 Å². The van der Waals surface area contributed by atoms with Gasteiger partial charge in [-0.3, -0.25) is 10.1 Å². The van der Waals surface area contributed by atoms with Crippen LogP contribution in [-0.4, -0.2) is 45.5 Å². The first-order valence-corrected chi connectivity index (χ1v) is 10.6. The molecule has 166 valence electrons. The molecule has 0 fully saturated rings. The number of ether oxygens (including phenoxy) is 2. The van der Waals surface area contributed by atoms with E-state index in [9.17, 15) is 9.59 Å². The van der Waals surface area contributed by atoms with E-state index in [4.69, 9.17) is 9.47 Å². The number of nitrogens with zero attached hydrogens (tertiary/aromatic N) is 3. The Morgan fingerprint density at radius 2 is 1.97 bits per heavy atom. The van der Waals surface area contributed by atoms with Gasteiger partial charge in [0, 0.05) is 37.7 Å². The molecule has 3 rings (SSSR count). The lowest BCUT2D eigenvalue weighted by Gasteiger charge is -2.23. The highest BCUT2D eigenvalue weighted by Crippen LogP contribution is 2.23. The van der Waals surface area contributed by atoms with E-state index in [1.807, 2.05) is 42.1 Å². The summed E-state index contributed by atoms with van der Waals surface area (Å²) in [4.78, 5) is 25.5. The van der Waals surface area contributed by atoms with E-state index in [-0.39, 0.29) is 6.42 Å². The number of carbonyl (C=O) groups excluding carboxylic acids is 2. The fourth-order valence-corrected chi connectivity index (χ4v) is 3.86. The van der Waals surface area contributed by atoms with E-state index in [0.29, 0.717) is 16.7 Å². The number of aromatic nitrogens is 3. The van der Waals surface area contributed by atoms with Crippen LogP contribution in [0.5, 0.6) is 0 Å². The zero-order valence-electron chi connectivity index (χ0n) is 18.3. The van der Waals surface area contributed by atoms with Crippen LogP contribution in [0.15, 0.2) is 30.5 Å². The molecule has 2 amide bonds. The Balaban J connectivity index is 1.82. The molecular weight excluding hydrogens is 418 g/mol. The van der Waals surface area contributed by atoms with Crippen molar-refractivity contribution in [3.63, 3.8) is 0 Å². The predicted octanol–water partition coefficient (Wildman–Crippen LogP) is 3.25. The van der Waals surface area contributed by atoms with Gasteiger partial charge >= 0.3 is 6.09 Å². The lowest BCUT2D eigenvalue weighted by Crippen LogP contribution is -2.47. The minimum atomic E-state index is -0.865. The molecule has 0 saturated carbocycles. The third-order valence-electron chi connectivity index (χ3n) is 4.38. The lowest BCUT2D eigenvalue weighted by molar-refractivity contribution is -0.118. The molecule has 0 aliphatic heterocycles. The summed E-state index contributed by atoms with van der Waals surface area (Å²) >= 11 is 1.22. The van der Waals surface area contributed by atoms with Gasteiger partial charge in [-0.15, -0.1) is 10.2 Å². The van der Waals surface area contributed by atoms with Gasteiger partial charge in [-0.2, -0.15) is 0 Å². The zero-order chi connectivity index (χ0) is 22.6. The van der Waals surface area contributed by atoms with E-state index in [1.165, 1.54) is 11.3 Å². The first-order valence-electron chi connectivity index (χ1n) is 9.81. The summed E-state index contributed by atoms with van der Waals surface area (Å²) in [5.41, 5.74) is 1.30. The minimum absolute atomic E-state index is 0.288. The van der Waals surface area contributed by atoms with Crippen LogP contribution in [0, 0.1) is 0 Å².